The summed E-state index contributed by atoms with van der Waals surface area (Å²) in [6, 6.07) is 6.26. The van der Waals surface area contributed by atoms with Crippen LogP contribution in [0.15, 0.2) is 22.7 Å². The van der Waals surface area contributed by atoms with Crippen LogP contribution in [0.25, 0.3) is 0 Å². The maximum Gasteiger partial charge on any atom is 0.248 e. The first-order valence-corrected chi connectivity index (χ1v) is 11.8. The number of aliphatic hydroxyl groups is 1. The van der Waals surface area contributed by atoms with Gasteiger partial charge in [-0.2, -0.15) is 0 Å². The van der Waals surface area contributed by atoms with Gasteiger partial charge >= 0.3 is 0 Å². The highest BCUT2D eigenvalue weighted by atomic mass is 79.9. The minimum absolute atomic E-state index is 0.118. The van der Waals surface area contributed by atoms with Gasteiger partial charge in [-0.1, -0.05) is 15.9 Å². The van der Waals surface area contributed by atoms with Crippen LogP contribution in [-0.2, 0) is 11.2 Å². The van der Waals surface area contributed by atoms with Gasteiger partial charge in [0, 0.05) is 17.6 Å². The second-order valence-electron chi connectivity index (χ2n) is 8.57. The van der Waals surface area contributed by atoms with Gasteiger partial charge in [-0.05, 0) is 100 Å². The first kappa shape index (κ1) is 22.6. The van der Waals surface area contributed by atoms with Crippen molar-refractivity contribution in [1.82, 2.24) is 9.80 Å². The van der Waals surface area contributed by atoms with Crippen molar-refractivity contribution in [2.24, 2.45) is 11.8 Å². The van der Waals surface area contributed by atoms with Crippen LogP contribution in [0.4, 0.5) is 0 Å². The number of carbonyl (C=O) groups is 1. The van der Waals surface area contributed by atoms with Gasteiger partial charge in [0.25, 0.3) is 0 Å². The molecule has 2 heterocycles. The number of halogens is 1. The van der Waals surface area contributed by atoms with E-state index >= 15 is 0 Å². The lowest BCUT2D eigenvalue weighted by atomic mass is 9.89. The zero-order valence-corrected chi connectivity index (χ0v) is 19.2. The fourth-order valence-electron chi connectivity index (χ4n) is 4.73. The standard InChI is InChI=1S/C23H35BrN2O3/c1-29-21-4-5-22(24)20(16-21)15-19-6-11-25(12-7-19)10-2-3-18-8-13-26(14-9-18)23(28)17-27/h4-5,16,18-19,27H,2-3,6-15,17H2,1H3. The van der Waals surface area contributed by atoms with Crippen molar-refractivity contribution in [1.29, 1.82) is 0 Å². The summed E-state index contributed by atoms with van der Waals surface area (Å²) in [4.78, 5) is 16.0. The van der Waals surface area contributed by atoms with Gasteiger partial charge in [-0.25, -0.2) is 0 Å². The van der Waals surface area contributed by atoms with Crippen LogP contribution < -0.4 is 4.74 Å². The Morgan fingerprint density at radius 1 is 1.14 bits per heavy atom. The number of benzene rings is 1. The fourth-order valence-corrected chi connectivity index (χ4v) is 5.14. The maximum atomic E-state index is 11.5. The molecule has 1 aromatic rings. The quantitative estimate of drug-likeness (QED) is 0.633. The number of amides is 1. The van der Waals surface area contributed by atoms with Gasteiger partial charge < -0.3 is 19.6 Å². The molecule has 0 atom stereocenters. The van der Waals surface area contributed by atoms with Crippen LogP contribution in [0.3, 0.4) is 0 Å². The van der Waals surface area contributed by atoms with Crippen molar-refractivity contribution in [3.63, 3.8) is 0 Å². The van der Waals surface area contributed by atoms with E-state index in [4.69, 9.17) is 9.84 Å². The minimum Gasteiger partial charge on any atom is -0.497 e. The highest BCUT2D eigenvalue weighted by Crippen LogP contribution is 2.29. The predicted molar refractivity (Wildman–Crippen MR) is 119 cm³/mol. The number of methoxy groups -OCH3 is 1. The molecule has 29 heavy (non-hydrogen) atoms. The predicted octanol–water partition coefficient (Wildman–Crippen LogP) is 3.72. The van der Waals surface area contributed by atoms with Gasteiger partial charge in [0.15, 0.2) is 0 Å². The summed E-state index contributed by atoms with van der Waals surface area (Å²) in [6.45, 7) is 4.89. The average Bonchev–Trinajstić information content (AvgIpc) is 2.76. The molecule has 0 unspecified atom stereocenters. The summed E-state index contributed by atoms with van der Waals surface area (Å²) in [5, 5.41) is 8.97. The van der Waals surface area contributed by atoms with Crippen LogP contribution in [0.2, 0.25) is 0 Å². The Morgan fingerprint density at radius 3 is 2.48 bits per heavy atom. The molecule has 1 N–H and O–H groups in total. The fraction of sp³-hybridized carbons (Fsp3) is 0.696. The lowest BCUT2D eigenvalue weighted by molar-refractivity contribution is -0.135. The van der Waals surface area contributed by atoms with Gasteiger partial charge in [-0.3, -0.25) is 4.79 Å². The monoisotopic (exact) mass is 466 g/mol. The van der Waals surface area contributed by atoms with E-state index in [-0.39, 0.29) is 12.5 Å². The summed E-state index contributed by atoms with van der Waals surface area (Å²) in [7, 11) is 1.73. The number of hydrogen-bond donors (Lipinski definition) is 1. The lowest BCUT2D eigenvalue weighted by Crippen LogP contribution is -2.40. The van der Waals surface area contributed by atoms with E-state index in [2.05, 4.69) is 33.0 Å². The van der Waals surface area contributed by atoms with Crippen LogP contribution in [-0.4, -0.2) is 67.3 Å². The molecule has 1 aromatic carbocycles. The molecule has 0 aromatic heterocycles. The minimum atomic E-state index is -0.352. The molecule has 0 saturated carbocycles. The first-order chi connectivity index (χ1) is 14.1. The van der Waals surface area contributed by atoms with E-state index in [1.807, 2.05) is 11.0 Å². The largest absolute Gasteiger partial charge is 0.497 e. The van der Waals surface area contributed by atoms with Crippen molar-refractivity contribution in [2.45, 2.75) is 44.9 Å². The number of carbonyl (C=O) groups excluding carboxylic acids is 1. The smallest absolute Gasteiger partial charge is 0.248 e. The third-order valence-electron chi connectivity index (χ3n) is 6.66. The van der Waals surface area contributed by atoms with Crippen molar-refractivity contribution in [3.8, 4) is 5.75 Å². The number of piperidine rings is 2. The third-order valence-corrected chi connectivity index (χ3v) is 7.43. The Morgan fingerprint density at radius 2 is 1.83 bits per heavy atom. The van der Waals surface area contributed by atoms with E-state index in [1.54, 1.807) is 7.11 Å². The SMILES string of the molecule is COc1ccc(Br)c(CC2CCN(CCCC3CCN(C(=O)CO)CC3)CC2)c1. The van der Waals surface area contributed by atoms with Crippen molar-refractivity contribution in [3.05, 3.63) is 28.2 Å². The van der Waals surface area contributed by atoms with Crippen LogP contribution in [0, 0.1) is 11.8 Å². The molecule has 0 spiro atoms. The van der Waals surface area contributed by atoms with E-state index in [0.29, 0.717) is 0 Å². The number of nitrogens with zero attached hydrogens (tertiary/aromatic N) is 2. The zero-order chi connectivity index (χ0) is 20.6. The average molecular weight is 467 g/mol. The molecule has 2 aliphatic rings. The molecule has 162 valence electrons. The number of likely N-dealkylation sites (tertiary alicyclic amines) is 2. The maximum absolute atomic E-state index is 11.5. The number of ether oxygens (including phenoxy) is 1. The summed E-state index contributed by atoms with van der Waals surface area (Å²) < 4.78 is 6.56. The molecule has 3 rings (SSSR count). The molecule has 0 radical (unpaired) electrons. The second kappa shape index (κ2) is 11.3. The normalized spacial score (nSPS) is 19.5. The van der Waals surface area contributed by atoms with Gasteiger partial charge in [-0.15, -0.1) is 0 Å². The Bertz CT molecular complexity index is 654. The molecule has 0 bridgehead atoms. The van der Waals surface area contributed by atoms with E-state index in [9.17, 15) is 4.79 Å². The Balaban J connectivity index is 1.32. The first-order valence-electron chi connectivity index (χ1n) is 11.0. The molecule has 6 heteroatoms. The Hall–Kier alpha value is -1.11. The molecule has 0 aliphatic carbocycles. The number of hydrogen-bond acceptors (Lipinski definition) is 4. The Labute approximate surface area is 183 Å². The van der Waals surface area contributed by atoms with Crippen molar-refractivity contribution in [2.75, 3.05) is 46.4 Å². The van der Waals surface area contributed by atoms with E-state index in [1.165, 1.54) is 55.4 Å². The van der Waals surface area contributed by atoms with Gasteiger partial charge in [0.1, 0.15) is 12.4 Å². The second-order valence-corrected chi connectivity index (χ2v) is 9.43. The molecular weight excluding hydrogens is 432 g/mol. The molecule has 2 saturated heterocycles. The van der Waals surface area contributed by atoms with Crippen LogP contribution in [0.5, 0.6) is 5.75 Å². The Kier molecular flexibility index (Phi) is 8.82. The third kappa shape index (κ3) is 6.69. The van der Waals surface area contributed by atoms with Crippen LogP contribution in [0.1, 0.15) is 44.1 Å². The molecule has 2 aliphatic heterocycles. The van der Waals surface area contributed by atoms with E-state index in [0.717, 1.165) is 49.9 Å². The number of aliphatic hydroxyl groups excluding tert-OH is 1. The summed E-state index contributed by atoms with van der Waals surface area (Å²) >= 11 is 3.69. The zero-order valence-electron chi connectivity index (χ0n) is 17.6. The van der Waals surface area contributed by atoms with Crippen molar-refractivity contribution >= 4 is 21.8 Å². The summed E-state index contributed by atoms with van der Waals surface area (Å²) in [6.07, 6.45) is 8.35. The summed E-state index contributed by atoms with van der Waals surface area (Å²) in [5.41, 5.74) is 1.36. The van der Waals surface area contributed by atoms with Crippen molar-refractivity contribution < 1.29 is 14.6 Å². The van der Waals surface area contributed by atoms with Gasteiger partial charge in [0.05, 0.1) is 7.11 Å². The molecular formula is C23H35BrN2O3. The molecule has 2 fully saturated rings. The van der Waals surface area contributed by atoms with Crippen LogP contribution >= 0.6 is 15.9 Å². The highest BCUT2D eigenvalue weighted by Gasteiger charge is 2.23. The van der Waals surface area contributed by atoms with Gasteiger partial charge in [0.2, 0.25) is 5.91 Å². The topological polar surface area (TPSA) is 53.0 Å². The molecule has 5 nitrogen and oxygen atoms in total. The molecule has 1 amide bonds. The van der Waals surface area contributed by atoms with E-state index < -0.39 is 0 Å². The number of rotatable bonds is 8. The highest BCUT2D eigenvalue weighted by molar-refractivity contribution is 9.10. The lowest BCUT2D eigenvalue weighted by Gasteiger charge is -2.34. The summed E-state index contributed by atoms with van der Waals surface area (Å²) in [5.74, 6) is 2.31.